The van der Waals surface area contributed by atoms with E-state index in [1.165, 1.54) is 4.90 Å². The van der Waals surface area contributed by atoms with Gasteiger partial charge in [-0.1, -0.05) is 13.8 Å². The highest BCUT2D eigenvalue weighted by Gasteiger charge is 2.00. The summed E-state index contributed by atoms with van der Waals surface area (Å²) < 4.78 is 0. The van der Waals surface area contributed by atoms with E-state index in [2.05, 4.69) is 0 Å². The van der Waals surface area contributed by atoms with E-state index in [1.54, 1.807) is 14.1 Å². The van der Waals surface area contributed by atoms with E-state index in [-0.39, 0.29) is 5.91 Å². The Morgan fingerprint density at radius 3 is 2.09 bits per heavy atom. The van der Waals surface area contributed by atoms with Gasteiger partial charge in [-0.05, 0) is 0 Å². The SMILES string of the molecule is CC.CN(C)C(=O)CCC=O. The molecule has 1 amide bonds. The van der Waals surface area contributed by atoms with Crippen molar-refractivity contribution in [3.05, 3.63) is 0 Å². The first-order valence-corrected chi connectivity index (χ1v) is 3.82. The van der Waals surface area contributed by atoms with Gasteiger partial charge in [0.1, 0.15) is 6.29 Å². The molecule has 0 atom stereocenters. The van der Waals surface area contributed by atoms with Gasteiger partial charge in [0.25, 0.3) is 0 Å². The van der Waals surface area contributed by atoms with E-state index in [1.807, 2.05) is 13.8 Å². The van der Waals surface area contributed by atoms with Gasteiger partial charge < -0.3 is 9.69 Å². The van der Waals surface area contributed by atoms with Gasteiger partial charge in [-0.15, -0.1) is 0 Å². The maximum absolute atomic E-state index is 10.7. The molecule has 0 aliphatic heterocycles. The van der Waals surface area contributed by atoms with Crippen molar-refractivity contribution in [3.63, 3.8) is 0 Å². The van der Waals surface area contributed by atoms with Crippen LogP contribution in [-0.4, -0.2) is 31.2 Å². The fraction of sp³-hybridized carbons (Fsp3) is 0.750. The summed E-state index contributed by atoms with van der Waals surface area (Å²) in [5, 5.41) is 0. The van der Waals surface area contributed by atoms with Gasteiger partial charge in [-0.2, -0.15) is 0 Å². The number of hydrogen-bond acceptors (Lipinski definition) is 2. The van der Waals surface area contributed by atoms with Crippen LogP contribution in [0.25, 0.3) is 0 Å². The van der Waals surface area contributed by atoms with Crippen molar-refractivity contribution in [1.82, 2.24) is 4.90 Å². The number of aldehydes is 1. The van der Waals surface area contributed by atoms with Gasteiger partial charge in [0, 0.05) is 26.9 Å². The van der Waals surface area contributed by atoms with Crippen LogP contribution in [0.4, 0.5) is 0 Å². The van der Waals surface area contributed by atoms with E-state index in [0.29, 0.717) is 12.8 Å². The number of carbonyl (C=O) groups excluding carboxylic acids is 2. The minimum atomic E-state index is 0.00194. The Balaban J connectivity index is 0. The van der Waals surface area contributed by atoms with Crippen molar-refractivity contribution in [2.45, 2.75) is 26.7 Å². The zero-order valence-corrected chi connectivity index (χ0v) is 7.76. The molecule has 0 saturated carbocycles. The Labute approximate surface area is 68.4 Å². The second kappa shape index (κ2) is 9.14. The molecule has 0 unspecified atom stereocenters. The average molecular weight is 159 g/mol. The molecule has 0 aliphatic rings. The van der Waals surface area contributed by atoms with Crippen LogP contribution in [0.3, 0.4) is 0 Å². The van der Waals surface area contributed by atoms with Crippen molar-refractivity contribution in [2.24, 2.45) is 0 Å². The number of rotatable bonds is 3. The second-order valence-electron chi connectivity index (χ2n) is 1.99. The molecule has 0 N–H and O–H groups in total. The van der Waals surface area contributed by atoms with E-state index < -0.39 is 0 Å². The van der Waals surface area contributed by atoms with E-state index in [4.69, 9.17) is 0 Å². The summed E-state index contributed by atoms with van der Waals surface area (Å²) >= 11 is 0. The van der Waals surface area contributed by atoms with Gasteiger partial charge in [0.2, 0.25) is 5.91 Å². The van der Waals surface area contributed by atoms with Crippen molar-refractivity contribution >= 4 is 12.2 Å². The van der Waals surface area contributed by atoms with Crippen LogP contribution in [0.5, 0.6) is 0 Å². The molecule has 0 fully saturated rings. The Hall–Kier alpha value is -0.860. The highest BCUT2D eigenvalue weighted by atomic mass is 16.2. The summed E-state index contributed by atoms with van der Waals surface area (Å²) in [6, 6.07) is 0. The summed E-state index contributed by atoms with van der Waals surface area (Å²) in [6.45, 7) is 4.00. The van der Waals surface area contributed by atoms with Crippen molar-refractivity contribution < 1.29 is 9.59 Å². The zero-order chi connectivity index (χ0) is 9.28. The van der Waals surface area contributed by atoms with Gasteiger partial charge in [-0.25, -0.2) is 0 Å². The quantitative estimate of drug-likeness (QED) is 0.578. The monoisotopic (exact) mass is 159 g/mol. The summed E-state index contributed by atoms with van der Waals surface area (Å²) in [5.41, 5.74) is 0. The Kier molecular flexibility index (Phi) is 10.6. The second-order valence-corrected chi connectivity index (χ2v) is 1.99. The van der Waals surface area contributed by atoms with E-state index in [0.717, 1.165) is 6.29 Å². The lowest BCUT2D eigenvalue weighted by Crippen LogP contribution is -2.21. The molecule has 11 heavy (non-hydrogen) atoms. The topological polar surface area (TPSA) is 37.4 Å². The Morgan fingerprint density at radius 1 is 1.36 bits per heavy atom. The highest BCUT2D eigenvalue weighted by Crippen LogP contribution is 1.88. The molecule has 0 aromatic heterocycles. The normalized spacial score (nSPS) is 7.64. The molecule has 0 rings (SSSR count). The van der Waals surface area contributed by atoms with Crippen LogP contribution in [0, 0.1) is 0 Å². The molecule has 0 radical (unpaired) electrons. The molecule has 0 heterocycles. The van der Waals surface area contributed by atoms with Crippen LogP contribution >= 0.6 is 0 Å². The molecule has 66 valence electrons. The lowest BCUT2D eigenvalue weighted by atomic mass is 10.3. The first kappa shape index (κ1) is 12.8. The zero-order valence-electron chi connectivity index (χ0n) is 7.76. The molecular formula is C8H17NO2. The molecule has 0 bridgehead atoms. The maximum Gasteiger partial charge on any atom is 0.222 e. The lowest BCUT2D eigenvalue weighted by Gasteiger charge is -2.07. The summed E-state index contributed by atoms with van der Waals surface area (Å²) in [4.78, 5) is 21.9. The third-order valence-electron chi connectivity index (χ3n) is 0.975. The third-order valence-corrected chi connectivity index (χ3v) is 0.975. The van der Waals surface area contributed by atoms with Crippen molar-refractivity contribution in [1.29, 1.82) is 0 Å². The lowest BCUT2D eigenvalue weighted by molar-refractivity contribution is -0.129. The van der Waals surface area contributed by atoms with Crippen LogP contribution < -0.4 is 0 Å². The first-order chi connectivity index (χ1) is 5.18. The van der Waals surface area contributed by atoms with E-state index in [9.17, 15) is 9.59 Å². The standard InChI is InChI=1S/C6H11NO2.C2H6/c1-7(2)6(9)4-3-5-8;1-2/h5H,3-4H2,1-2H3;1-2H3. The predicted octanol–water partition coefficient (Wildman–Crippen LogP) is 1.08. The predicted molar refractivity (Wildman–Crippen MR) is 45.3 cm³/mol. The highest BCUT2D eigenvalue weighted by molar-refractivity contribution is 5.77. The Morgan fingerprint density at radius 2 is 1.82 bits per heavy atom. The number of hydrogen-bond donors (Lipinski definition) is 0. The van der Waals surface area contributed by atoms with Gasteiger partial charge in [0.15, 0.2) is 0 Å². The molecule has 3 nitrogen and oxygen atoms in total. The van der Waals surface area contributed by atoms with Crippen LogP contribution in [-0.2, 0) is 9.59 Å². The van der Waals surface area contributed by atoms with Crippen LogP contribution in [0.2, 0.25) is 0 Å². The molecule has 3 heteroatoms. The Bertz CT molecular complexity index is 111. The molecule has 0 saturated heterocycles. The molecule has 0 aromatic rings. The number of nitrogens with zero attached hydrogens (tertiary/aromatic N) is 1. The minimum Gasteiger partial charge on any atom is -0.349 e. The maximum atomic E-state index is 10.7. The van der Waals surface area contributed by atoms with Crippen molar-refractivity contribution in [3.8, 4) is 0 Å². The molecule has 0 spiro atoms. The summed E-state index contributed by atoms with van der Waals surface area (Å²) in [7, 11) is 3.35. The molecule has 0 aromatic carbocycles. The van der Waals surface area contributed by atoms with Gasteiger partial charge in [0.05, 0.1) is 0 Å². The largest absolute Gasteiger partial charge is 0.349 e. The van der Waals surface area contributed by atoms with Crippen LogP contribution in [0.1, 0.15) is 26.7 Å². The third kappa shape index (κ3) is 9.14. The first-order valence-electron chi connectivity index (χ1n) is 3.82. The smallest absolute Gasteiger partial charge is 0.222 e. The van der Waals surface area contributed by atoms with Crippen molar-refractivity contribution in [2.75, 3.05) is 14.1 Å². The summed E-state index contributed by atoms with van der Waals surface area (Å²) in [5.74, 6) is 0.00194. The molecular weight excluding hydrogens is 142 g/mol. The average Bonchev–Trinajstić information content (AvgIpc) is 2.03. The van der Waals surface area contributed by atoms with Gasteiger partial charge >= 0.3 is 0 Å². The number of amides is 1. The summed E-state index contributed by atoms with van der Waals surface area (Å²) in [6.07, 6.45) is 1.41. The number of carbonyl (C=O) groups is 2. The van der Waals surface area contributed by atoms with E-state index >= 15 is 0 Å². The van der Waals surface area contributed by atoms with Gasteiger partial charge in [-0.3, -0.25) is 4.79 Å². The fourth-order valence-corrected chi connectivity index (χ4v) is 0.406. The minimum absolute atomic E-state index is 0.00194. The fourth-order valence-electron chi connectivity index (χ4n) is 0.406. The van der Waals surface area contributed by atoms with Crippen LogP contribution in [0.15, 0.2) is 0 Å². The molecule has 0 aliphatic carbocycles.